The molecule has 2 rings (SSSR count). The summed E-state index contributed by atoms with van der Waals surface area (Å²) in [4.78, 5) is 7.71. The van der Waals surface area contributed by atoms with Crippen LogP contribution in [0.3, 0.4) is 0 Å². The second-order valence-electron chi connectivity index (χ2n) is 4.03. The van der Waals surface area contributed by atoms with Gasteiger partial charge < -0.3 is 9.95 Å². The van der Waals surface area contributed by atoms with Gasteiger partial charge >= 0.3 is 0 Å². The summed E-state index contributed by atoms with van der Waals surface area (Å²) >= 11 is 5.84. The summed E-state index contributed by atoms with van der Waals surface area (Å²) in [5.74, 6) is 6.21. The Morgan fingerprint density at radius 3 is 2.81 bits per heavy atom. The predicted octanol–water partition coefficient (Wildman–Crippen LogP) is 0.233. The molecular weight excluding hydrogens is 320 g/mol. The molecule has 2 aromatic rings. The van der Waals surface area contributed by atoms with Crippen molar-refractivity contribution in [2.75, 3.05) is 12.0 Å². The quantitative estimate of drug-likeness (QED) is 0.505. The van der Waals surface area contributed by atoms with Crippen LogP contribution in [0.1, 0.15) is 11.7 Å². The van der Waals surface area contributed by atoms with Gasteiger partial charge in [-0.1, -0.05) is 16.8 Å². The topological polar surface area (TPSA) is 136 Å². The highest BCUT2D eigenvalue weighted by Gasteiger charge is 2.16. The van der Waals surface area contributed by atoms with Gasteiger partial charge in [-0.15, -0.1) is 0 Å². The Morgan fingerprint density at radius 2 is 2.24 bits per heavy atom. The Kier molecular flexibility index (Phi) is 4.73. The van der Waals surface area contributed by atoms with E-state index < -0.39 is 10.0 Å². The fraction of sp³-hybridized carbons (Fsp3) is 0.300. The monoisotopic (exact) mass is 332 g/mol. The molecule has 0 atom stereocenters. The molecule has 2 heterocycles. The fourth-order valence-corrected chi connectivity index (χ4v) is 2.78. The number of nitrogens with two attached hydrogens (primary N) is 1. The molecule has 0 saturated carbocycles. The minimum atomic E-state index is -3.73. The first kappa shape index (κ1) is 15.6. The third-order valence-electron chi connectivity index (χ3n) is 2.46. The van der Waals surface area contributed by atoms with Crippen LogP contribution in [0.5, 0.6) is 0 Å². The summed E-state index contributed by atoms with van der Waals surface area (Å²) in [7, 11) is -3.73. The first-order valence-electron chi connectivity index (χ1n) is 5.83. The van der Waals surface area contributed by atoms with Crippen molar-refractivity contribution in [3.05, 3.63) is 29.0 Å². The Morgan fingerprint density at radius 1 is 1.48 bits per heavy atom. The number of halogens is 1. The maximum Gasteiger partial charge on any atom is 0.242 e. The van der Waals surface area contributed by atoms with E-state index in [0.29, 0.717) is 11.7 Å². The molecule has 0 amide bonds. The van der Waals surface area contributed by atoms with E-state index in [1.165, 1.54) is 6.07 Å². The van der Waals surface area contributed by atoms with Crippen LogP contribution >= 0.6 is 11.6 Å². The molecule has 0 fully saturated rings. The van der Waals surface area contributed by atoms with Gasteiger partial charge in [0.15, 0.2) is 11.6 Å². The number of hydrazine groups is 1. The van der Waals surface area contributed by atoms with Gasteiger partial charge in [-0.05, 0) is 13.0 Å². The summed E-state index contributed by atoms with van der Waals surface area (Å²) in [5, 5.41) is 3.72. The summed E-state index contributed by atoms with van der Waals surface area (Å²) in [6.07, 6.45) is 1.43. The van der Waals surface area contributed by atoms with E-state index in [1.807, 2.05) is 0 Å². The number of aromatic nitrogens is 3. The number of nitrogens with one attached hydrogen (secondary N) is 2. The van der Waals surface area contributed by atoms with E-state index in [9.17, 15) is 8.42 Å². The minimum absolute atomic E-state index is 0.0618. The zero-order chi connectivity index (χ0) is 15.5. The molecular formula is C10H13ClN6O3S. The molecule has 2 aromatic heterocycles. The zero-order valence-electron chi connectivity index (χ0n) is 11.0. The van der Waals surface area contributed by atoms with Crippen LogP contribution in [0.15, 0.2) is 21.7 Å². The number of rotatable bonds is 6. The average Bonchev–Trinajstić information content (AvgIpc) is 2.84. The molecule has 0 aromatic carbocycles. The minimum Gasteiger partial charge on any atom is -0.339 e. The second-order valence-corrected chi connectivity index (χ2v) is 6.20. The number of nitrogens with zero attached hydrogens (tertiary/aromatic N) is 3. The van der Waals surface area contributed by atoms with Crippen molar-refractivity contribution in [1.82, 2.24) is 19.8 Å². The maximum absolute atomic E-state index is 12.1. The lowest BCUT2D eigenvalue weighted by Crippen LogP contribution is -2.26. The van der Waals surface area contributed by atoms with E-state index in [1.54, 1.807) is 6.92 Å². The van der Waals surface area contributed by atoms with Gasteiger partial charge in [0, 0.05) is 19.2 Å². The highest BCUT2D eigenvalue weighted by atomic mass is 35.5. The molecule has 0 aliphatic rings. The van der Waals surface area contributed by atoms with Crippen molar-refractivity contribution in [1.29, 1.82) is 0 Å². The third kappa shape index (κ3) is 3.88. The molecule has 0 aliphatic heterocycles. The molecule has 0 aliphatic carbocycles. The van der Waals surface area contributed by atoms with Crippen molar-refractivity contribution < 1.29 is 12.9 Å². The second kappa shape index (κ2) is 6.35. The van der Waals surface area contributed by atoms with Crippen LogP contribution in [0, 0.1) is 6.92 Å². The zero-order valence-corrected chi connectivity index (χ0v) is 12.6. The number of pyridine rings is 1. The lowest BCUT2D eigenvalue weighted by molar-refractivity contribution is 0.375. The maximum atomic E-state index is 12.1. The van der Waals surface area contributed by atoms with Crippen LogP contribution in [-0.4, -0.2) is 30.1 Å². The predicted molar refractivity (Wildman–Crippen MR) is 75.0 cm³/mol. The Labute approximate surface area is 125 Å². The standard InChI is InChI=1S/C10H13ClN6O3S/c1-6-15-9(20-17-6)2-3-14-21(18,19)7-4-8(11)10(16-12)13-5-7/h4-5,14H,2-3,12H2,1H3,(H,13,16). The number of anilines is 1. The van der Waals surface area contributed by atoms with Gasteiger partial charge in [-0.25, -0.2) is 24.0 Å². The lowest BCUT2D eigenvalue weighted by atomic mass is 10.4. The molecule has 0 saturated heterocycles. The first-order chi connectivity index (χ1) is 9.92. The number of nitrogen functional groups attached to an aromatic ring is 1. The van der Waals surface area contributed by atoms with E-state index in [-0.39, 0.29) is 28.7 Å². The number of hydrogen-bond acceptors (Lipinski definition) is 8. The Hall–Kier alpha value is -1.75. The molecule has 9 nitrogen and oxygen atoms in total. The van der Waals surface area contributed by atoms with E-state index in [2.05, 4.69) is 25.3 Å². The van der Waals surface area contributed by atoms with Gasteiger partial charge in [0.2, 0.25) is 15.9 Å². The summed E-state index contributed by atoms with van der Waals surface area (Å²) in [6, 6.07) is 1.25. The molecule has 0 radical (unpaired) electrons. The van der Waals surface area contributed by atoms with Crippen molar-refractivity contribution in [2.24, 2.45) is 5.84 Å². The molecule has 0 spiro atoms. The van der Waals surface area contributed by atoms with Gasteiger partial charge in [-0.3, -0.25) is 0 Å². The van der Waals surface area contributed by atoms with Crippen LogP contribution in [0.25, 0.3) is 0 Å². The van der Waals surface area contributed by atoms with E-state index in [0.717, 1.165) is 6.20 Å². The lowest BCUT2D eigenvalue weighted by Gasteiger charge is -2.07. The van der Waals surface area contributed by atoms with Crippen LogP contribution in [0.4, 0.5) is 5.82 Å². The van der Waals surface area contributed by atoms with E-state index >= 15 is 0 Å². The normalized spacial score (nSPS) is 11.6. The first-order valence-corrected chi connectivity index (χ1v) is 7.69. The molecule has 0 bridgehead atoms. The SMILES string of the molecule is Cc1noc(CCNS(=O)(=O)c2cnc(NN)c(Cl)c2)n1. The number of sulfonamides is 1. The van der Waals surface area contributed by atoms with E-state index in [4.69, 9.17) is 22.0 Å². The number of aryl methyl sites for hydroxylation is 1. The van der Waals surface area contributed by atoms with Crippen LogP contribution < -0.4 is 16.0 Å². The van der Waals surface area contributed by atoms with Gasteiger partial charge in [0.05, 0.1) is 5.02 Å². The van der Waals surface area contributed by atoms with Crippen molar-refractivity contribution in [2.45, 2.75) is 18.2 Å². The highest BCUT2D eigenvalue weighted by Crippen LogP contribution is 2.21. The smallest absolute Gasteiger partial charge is 0.242 e. The Bertz CT molecular complexity index is 732. The average molecular weight is 333 g/mol. The largest absolute Gasteiger partial charge is 0.339 e. The molecule has 21 heavy (non-hydrogen) atoms. The molecule has 0 unspecified atom stereocenters. The van der Waals surface area contributed by atoms with Gasteiger partial charge in [-0.2, -0.15) is 4.98 Å². The van der Waals surface area contributed by atoms with Crippen LogP contribution in [0.2, 0.25) is 5.02 Å². The van der Waals surface area contributed by atoms with Crippen molar-refractivity contribution in [3.63, 3.8) is 0 Å². The third-order valence-corrected chi connectivity index (χ3v) is 4.18. The van der Waals surface area contributed by atoms with Crippen molar-refractivity contribution >= 4 is 27.4 Å². The molecule has 114 valence electrons. The summed E-state index contributed by atoms with van der Waals surface area (Å²) in [6.45, 7) is 1.79. The van der Waals surface area contributed by atoms with Gasteiger partial charge in [0.25, 0.3) is 0 Å². The molecule has 4 N–H and O–H groups in total. The summed E-state index contributed by atoms with van der Waals surface area (Å²) < 4.78 is 31.4. The number of hydrogen-bond donors (Lipinski definition) is 3. The Balaban J connectivity index is 2.02. The van der Waals surface area contributed by atoms with Crippen LogP contribution in [-0.2, 0) is 16.4 Å². The molecule has 11 heteroatoms. The fourth-order valence-electron chi connectivity index (χ4n) is 1.49. The van der Waals surface area contributed by atoms with Gasteiger partial charge in [0.1, 0.15) is 4.90 Å². The highest BCUT2D eigenvalue weighted by molar-refractivity contribution is 7.89. The van der Waals surface area contributed by atoms with Crippen molar-refractivity contribution in [3.8, 4) is 0 Å². The summed E-state index contributed by atoms with van der Waals surface area (Å²) in [5.41, 5.74) is 2.25.